The van der Waals surface area contributed by atoms with Gasteiger partial charge in [-0.3, -0.25) is 4.99 Å². The van der Waals surface area contributed by atoms with Gasteiger partial charge in [0.25, 0.3) is 0 Å². The lowest BCUT2D eigenvalue weighted by Gasteiger charge is -2.65. The summed E-state index contributed by atoms with van der Waals surface area (Å²) in [5, 5.41) is 35.1. The summed E-state index contributed by atoms with van der Waals surface area (Å²) < 4.78 is 5.25. The lowest BCUT2D eigenvalue weighted by atomic mass is 9.41. The number of hydrogen-bond donors (Lipinski definition) is 3. The second-order valence-corrected chi connectivity index (χ2v) is 12.5. The molecule has 0 aromatic heterocycles. The van der Waals surface area contributed by atoms with E-state index >= 15 is 0 Å². The van der Waals surface area contributed by atoms with Crippen molar-refractivity contribution in [3.8, 4) is 0 Å². The minimum atomic E-state index is -1.01. The third-order valence-corrected chi connectivity index (χ3v) is 11.1. The third kappa shape index (κ3) is 3.40. The van der Waals surface area contributed by atoms with E-state index in [0.29, 0.717) is 45.3 Å². The van der Waals surface area contributed by atoms with Crippen molar-refractivity contribution in [2.24, 2.45) is 33.6 Å². The van der Waals surface area contributed by atoms with Crippen molar-refractivity contribution in [3.63, 3.8) is 0 Å². The maximum Gasteiger partial charge on any atom is 0.331 e. The molecule has 4 saturated carbocycles. The second kappa shape index (κ2) is 8.50. The first kappa shape index (κ1) is 24.3. The van der Waals surface area contributed by atoms with E-state index in [1.165, 1.54) is 0 Å². The van der Waals surface area contributed by atoms with Gasteiger partial charge in [0.2, 0.25) is 0 Å². The van der Waals surface area contributed by atoms with Crippen LogP contribution in [0.1, 0.15) is 70.3 Å². The molecule has 4 aliphatic carbocycles. The molecule has 1 heterocycles. The fourth-order valence-electron chi connectivity index (χ4n) is 9.26. The van der Waals surface area contributed by atoms with Gasteiger partial charge >= 0.3 is 5.97 Å². The first-order chi connectivity index (χ1) is 17.2. The summed E-state index contributed by atoms with van der Waals surface area (Å²) in [6.07, 6.45) is 9.51. The lowest BCUT2D eigenvalue weighted by molar-refractivity contribution is -0.237. The van der Waals surface area contributed by atoms with E-state index < -0.39 is 22.7 Å². The average Bonchev–Trinajstić information content (AvgIpc) is 3.40. The highest BCUT2D eigenvalue weighted by Crippen LogP contribution is 2.70. The minimum absolute atomic E-state index is 0.0542. The molecule has 194 valence electrons. The van der Waals surface area contributed by atoms with Crippen LogP contribution >= 0.6 is 0 Å². The first-order valence-electron chi connectivity index (χ1n) is 13.8. The highest BCUT2D eigenvalue weighted by atomic mass is 16.5. The maximum absolute atomic E-state index is 12.5. The molecule has 0 amide bonds. The highest BCUT2D eigenvalue weighted by molar-refractivity contribution is 5.85. The molecule has 36 heavy (non-hydrogen) atoms. The Hall–Kier alpha value is -2.02. The number of nitrogens with zero attached hydrogens (tertiary/aromatic N) is 1. The minimum Gasteiger partial charge on any atom is -0.458 e. The number of ether oxygens (including phenoxy) is 1. The normalized spacial score (nSPS) is 46.1. The Kier molecular flexibility index (Phi) is 5.75. The quantitative estimate of drug-likeness (QED) is 0.435. The maximum atomic E-state index is 12.5. The topological polar surface area (TPSA) is 99.4 Å². The lowest BCUT2D eigenvalue weighted by Crippen LogP contribution is -2.68. The number of fused-ring (bicyclic) bond motifs is 5. The molecule has 0 saturated heterocycles. The molecule has 6 rings (SSSR count). The van der Waals surface area contributed by atoms with Gasteiger partial charge in [-0.05, 0) is 80.3 Å². The molecule has 6 nitrogen and oxygen atoms in total. The fourth-order valence-corrected chi connectivity index (χ4v) is 9.26. The van der Waals surface area contributed by atoms with Crippen LogP contribution in [0, 0.1) is 28.6 Å². The Morgan fingerprint density at radius 2 is 1.81 bits per heavy atom. The Bertz CT molecular complexity index is 1090. The van der Waals surface area contributed by atoms with E-state index in [1.54, 1.807) is 6.08 Å². The van der Waals surface area contributed by atoms with Crippen molar-refractivity contribution in [1.82, 2.24) is 0 Å². The number of aliphatic hydroxyl groups excluding tert-OH is 1. The Labute approximate surface area is 213 Å². The van der Waals surface area contributed by atoms with Crippen molar-refractivity contribution in [3.05, 3.63) is 47.5 Å². The van der Waals surface area contributed by atoms with Gasteiger partial charge in [0.05, 0.1) is 23.9 Å². The van der Waals surface area contributed by atoms with E-state index in [-0.39, 0.29) is 29.1 Å². The van der Waals surface area contributed by atoms with E-state index in [4.69, 9.17) is 9.73 Å². The predicted molar refractivity (Wildman–Crippen MR) is 136 cm³/mol. The van der Waals surface area contributed by atoms with Crippen LogP contribution < -0.4 is 0 Å². The third-order valence-electron chi connectivity index (χ3n) is 11.1. The van der Waals surface area contributed by atoms with Gasteiger partial charge in [0, 0.05) is 29.5 Å². The zero-order valence-electron chi connectivity index (χ0n) is 21.2. The summed E-state index contributed by atoms with van der Waals surface area (Å²) in [7, 11) is 0. The number of aliphatic hydroxyl groups is 3. The fraction of sp³-hybridized carbons (Fsp3) is 0.667. The number of esters is 1. The number of carbonyl (C=O) groups excluding carboxylic acids is 1. The van der Waals surface area contributed by atoms with Crippen LogP contribution in [0.3, 0.4) is 0 Å². The van der Waals surface area contributed by atoms with Crippen LogP contribution in [0.2, 0.25) is 0 Å². The molecule has 3 N–H and O–H groups in total. The number of carbonyl (C=O) groups is 1. The molecular weight excluding hydrogens is 454 g/mol. The molecule has 1 aliphatic heterocycles. The summed E-state index contributed by atoms with van der Waals surface area (Å²) in [5.74, 6) is 0.0375. The Morgan fingerprint density at radius 1 is 1.03 bits per heavy atom. The predicted octanol–water partition coefficient (Wildman–Crippen LogP) is 3.97. The molecule has 0 radical (unpaired) electrons. The van der Waals surface area contributed by atoms with Crippen molar-refractivity contribution in [2.45, 2.75) is 88.6 Å². The number of aliphatic imine (C=N–C) groups is 1. The molecule has 1 aromatic rings. The molecule has 0 unspecified atom stereocenters. The molecule has 4 fully saturated rings. The van der Waals surface area contributed by atoms with Crippen molar-refractivity contribution < 1.29 is 24.9 Å². The Morgan fingerprint density at radius 3 is 2.56 bits per heavy atom. The molecule has 1 aromatic carbocycles. The van der Waals surface area contributed by atoms with Crippen LogP contribution in [0.4, 0.5) is 0 Å². The number of cyclic esters (lactones) is 1. The van der Waals surface area contributed by atoms with Gasteiger partial charge in [-0.1, -0.05) is 37.3 Å². The Balaban J connectivity index is 1.35. The van der Waals surface area contributed by atoms with E-state index in [0.717, 1.165) is 36.8 Å². The summed E-state index contributed by atoms with van der Waals surface area (Å²) in [5.41, 5.74) is -0.575. The van der Waals surface area contributed by atoms with Gasteiger partial charge in [-0.15, -0.1) is 0 Å². The number of rotatable bonds is 4. The summed E-state index contributed by atoms with van der Waals surface area (Å²) in [6.45, 7) is 3.12. The van der Waals surface area contributed by atoms with Crippen LogP contribution in [0.25, 0.3) is 0 Å². The van der Waals surface area contributed by atoms with Gasteiger partial charge < -0.3 is 20.1 Å². The average molecular weight is 494 g/mol. The van der Waals surface area contributed by atoms with Crippen molar-refractivity contribution in [1.29, 1.82) is 0 Å². The number of benzene rings is 1. The molecule has 8 atom stereocenters. The number of hydrogen-bond acceptors (Lipinski definition) is 6. The van der Waals surface area contributed by atoms with Gasteiger partial charge in [0.1, 0.15) is 6.61 Å². The second-order valence-electron chi connectivity index (χ2n) is 12.5. The highest BCUT2D eigenvalue weighted by Gasteiger charge is 2.71. The van der Waals surface area contributed by atoms with Crippen LogP contribution in [-0.2, 0) is 16.1 Å². The largest absolute Gasteiger partial charge is 0.458 e. The van der Waals surface area contributed by atoms with Gasteiger partial charge in [0.15, 0.2) is 0 Å². The monoisotopic (exact) mass is 493 g/mol. The zero-order chi connectivity index (χ0) is 25.2. The zero-order valence-corrected chi connectivity index (χ0v) is 21.2. The van der Waals surface area contributed by atoms with E-state index in [2.05, 4.69) is 19.1 Å². The molecule has 6 heteroatoms. The van der Waals surface area contributed by atoms with Crippen LogP contribution in [-0.4, -0.2) is 51.4 Å². The van der Waals surface area contributed by atoms with Gasteiger partial charge in [-0.25, -0.2) is 4.79 Å². The van der Waals surface area contributed by atoms with Gasteiger partial charge in [-0.2, -0.15) is 0 Å². The summed E-state index contributed by atoms with van der Waals surface area (Å²) in [4.78, 5) is 16.7. The first-order valence-corrected chi connectivity index (χ1v) is 13.8. The van der Waals surface area contributed by atoms with Crippen molar-refractivity contribution in [2.75, 3.05) is 6.61 Å². The van der Waals surface area contributed by atoms with Crippen LogP contribution in [0.5, 0.6) is 0 Å². The molecule has 0 bridgehead atoms. The summed E-state index contributed by atoms with van der Waals surface area (Å²) >= 11 is 0. The standard InChI is InChI=1S/C30H39NO5/c1-27-11-8-24-25(30(27,35)14-10-23(27)21-15-26(33)36-18-21)9-13-29(34)16-22(32)7-12-28(24,29)19-31-17-20-5-3-2-4-6-20/h2-6,15,19,22-25,32,34-35H,7-14,16-18H2,1H3/t22-,23+,24+,25-,27-,28+,29+,30-/m1/s1. The molecule has 5 aliphatic rings. The van der Waals surface area contributed by atoms with Crippen LogP contribution in [0.15, 0.2) is 47.0 Å². The molecule has 0 spiro atoms. The molecular formula is C30H39NO5. The SMILES string of the molecule is C[C@]12CC[C@H]3[C@@H](CC[C@]4(O)C[C@H](O)CC[C@]34C=NCc3ccccc3)[C@]1(O)CC[C@H]2C1=CC(=O)OC1. The van der Waals surface area contributed by atoms with Crippen molar-refractivity contribution >= 4 is 12.2 Å². The summed E-state index contributed by atoms with van der Waals surface area (Å²) in [6, 6.07) is 10.2. The van der Waals surface area contributed by atoms with E-state index in [9.17, 15) is 20.1 Å². The van der Waals surface area contributed by atoms with E-state index in [1.807, 2.05) is 24.4 Å². The smallest absolute Gasteiger partial charge is 0.331 e.